The molecule has 2 rings (SSSR count). The zero-order valence-electron chi connectivity index (χ0n) is 10.7. The molecule has 1 unspecified atom stereocenters. The van der Waals surface area contributed by atoms with Crippen LogP contribution in [0.2, 0.25) is 0 Å². The number of rotatable bonds is 5. The van der Waals surface area contributed by atoms with Gasteiger partial charge in [-0.1, -0.05) is 6.07 Å². The van der Waals surface area contributed by atoms with Crippen molar-refractivity contribution in [1.82, 2.24) is 9.78 Å². The SMILES string of the molecule is Cc1ccc(C#N)cc1NCC(O)Cn1cccn1. The summed E-state index contributed by atoms with van der Waals surface area (Å²) in [6.07, 6.45) is 2.95. The first-order chi connectivity index (χ1) is 9.19. The predicted octanol–water partition coefficient (Wildman–Crippen LogP) is 1.54. The lowest BCUT2D eigenvalue weighted by Gasteiger charge is -2.14. The number of nitriles is 1. The Hall–Kier alpha value is -2.32. The second-order valence-electron chi connectivity index (χ2n) is 4.40. The Morgan fingerprint density at radius 2 is 2.37 bits per heavy atom. The molecule has 0 aliphatic carbocycles. The molecule has 2 N–H and O–H groups in total. The van der Waals surface area contributed by atoms with Crippen LogP contribution >= 0.6 is 0 Å². The second kappa shape index (κ2) is 6.03. The Kier molecular flexibility index (Phi) is 4.16. The Bertz CT molecular complexity index is 572. The minimum absolute atomic E-state index is 0.412. The molecule has 0 saturated carbocycles. The maximum atomic E-state index is 9.91. The number of benzene rings is 1. The molecule has 1 heterocycles. The first-order valence-corrected chi connectivity index (χ1v) is 6.09. The van der Waals surface area contributed by atoms with Gasteiger partial charge in [0.05, 0.1) is 24.3 Å². The molecule has 0 bridgehead atoms. The van der Waals surface area contributed by atoms with Gasteiger partial charge in [-0.05, 0) is 30.7 Å². The topological polar surface area (TPSA) is 73.9 Å². The molecule has 0 amide bonds. The molecule has 0 saturated heterocycles. The highest BCUT2D eigenvalue weighted by Crippen LogP contribution is 2.16. The smallest absolute Gasteiger partial charge is 0.0992 e. The quantitative estimate of drug-likeness (QED) is 0.851. The van der Waals surface area contributed by atoms with E-state index in [1.807, 2.05) is 25.3 Å². The Morgan fingerprint density at radius 1 is 1.53 bits per heavy atom. The van der Waals surface area contributed by atoms with E-state index in [2.05, 4.69) is 16.5 Å². The molecule has 0 aliphatic rings. The number of aryl methyl sites for hydroxylation is 1. The summed E-state index contributed by atoms with van der Waals surface area (Å²) >= 11 is 0. The molecule has 2 aromatic rings. The van der Waals surface area contributed by atoms with Crippen molar-refractivity contribution in [3.05, 3.63) is 47.8 Å². The molecular formula is C14H16N4O. The van der Waals surface area contributed by atoms with Gasteiger partial charge in [-0.3, -0.25) is 4.68 Å². The van der Waals surface area contributed by atoms with Crippen LogP contribution in [0.3, 0.4) is 0 Å². The van der Waals surface area contributed by atoms with Gasteiger partial charge in [0.25, 0.3) is 0 Å². The highest BCUT2D eigenvalue weighted by Gasteiger charge is 2.06. The van der Waals surface area contributed by atoms with Gasteiger partial charge in [0.1, 0.15) is 0 Å². The van der Waals surface area contributed by atoms with E-state index >= 15 is 0 Å². The average molecular weight is 256 g/mol. The Morgan fingerprint density at radius 3 is 3.05 bits per heavy atom. The van der Waals surface area contributed by atoms with Gasteiger partial charge in [-0.25, -0.2) is 0 Å². The van der Waals surface area contributed by atoms with Crippen LogP contribution in [-0.4, -0.2) is 27.5 Å². The summed E-state index contributed by atoms with van der Waals surface area (Å²) in [5, 5.41) is 26.0. The van der Waals surface area contributed by atoms with E-state index in [-0.39, 0.29) is 0 Å². The summed E-state index contributed by atoms with van der Waals surface area (Å²) in [5.74, 6) is 0. The molecule has 0 fully saturated rings. The average Bonchev–Trinajstić information content (AvgIpc) is 2.90. The maximum absolute atomic E-state index is 9.91. The molecule has 0 radical (unpaired) electrons. The van der Waals surface area contributed by atoms with Gasteiger partial charge in [0.15, 0.2) is 0 Å². The summed E-state index contributed by atoms with van der Waals surface area (Å²) in [6, 6.07) is 9.38. The van der Waals surface area contributed by atoms with Crippen molar-refractivity contribution in [2.24, 2.45) is 0 Å². The number of aromatic nitrogens is 2. The van der Waals surface area contributed by atoms with Gasteiger partial charge in [0, 0.05) is 24.6 Å². The van der Waals surface area contributed by atoms with Gasteiger partial charge < -0.3 is 10.4 Å². The maximum Gasteiger partial charge on any atom is 0.0992 e. The van der Waals surface area contributed by atoms with Crippen molar-refractivity contribution in [3.63, 3.8) is 0 Å². The van der Waals surface area contributed by atoms with Crippen molar-refractivity contribution in [2.75, 3.05) is 11.9 Å². The van der Waals surface area contributed by atoms with Crippen molar-refractivity contribution in [3.8, 4) is 6.07 Å². The van der Waals surface area contributed by atoms with Crippen LogP contribution in [0, 0.1) is 18.3 Å². The van der Waals surface area contributed by atoms with Crippen molar-refractivity contribution in [2.45, 2.75) is 19.6 Å². The van der Waals surface area contributed by atoms with Crippen molar-refractivity contribution < 1.29 is 5.11 Å². The van der Waals surface area contributed by atoms with E-state index in [9.17, 15) is 5.11 Å². The first kappa shape index (κ1) is 13.1. The summed E-state index contributed by atoms with van der Waals surface area (Å²) < 4.78 is 1.69. The fourth-order valence-corrected chi connectivity index (χ4v) is 1.80. The first-order valence-electron chi connectivity index (χ1n) is 6.09. The molecule has 1 atom stereocenters. The van der Waals surface area contributed by atoms with E-state index in [0.29, 0.717) is 18.7 Å². The van der Waals surface area contributed by atoms with Gasteiger partial charge in [-0.2, -0.15) is 10.4 Å². The van der Waals surface area contributed by atoms with E-state index in [1.54, 1.807) is 23.0 Å². The number of nitrogens with zero attached hydrogens (tertiary/aromatic N) is 3. The number of hydrogen-bond acceptors (Lipinski definition) is 4. The van der Waals surface area contributed by atoms with Crippen LogP contribution in [0.15, 0.2) is 36.7 Å². The van der Waals surface area contributed by atoms with Crippen LogP contribution in [-0.2, 0) is 6.54 Å². The normalized spacial score (nSPS) is 11.8. The summed E-state index contributed by atoms with van der Waals surface area (Å²) in [6.45, 7) is 2.82. The summed E-state index contributed by atoms with van der Waals surface area (Å²) in [5.41, 5.74) is 2.53. The summed E-state index contributed by atoms with van der Waals surface area (Å²) in [7, 11) is 0. The molecule has 98 valence electrons. The lowest BCUT2D eigenvalue weighted by Crippen LogP contribution is -2.25. The highest BCUT2D eigenvalue weighted by molar-refractivity contribution is 5.55. The van der Waals surface area contributed by atoms with Crippen LogP contribution in [0.25, 0.3) is 0 Å². The number of aliphatic hydroxyl groups excluding tert-OH is 1. The molecule has 1 aromatic carbocycles. The fraction of sp³-hybridized carbons (Fsp3) is 0.286. The zero-order valence-corrected chi connectivity index (χ0v) is 10.7. The minimum Gasteiger partial charge on any atom is -0.389 e. The van der Waals surface area contributed by atoms with E-state index in [1.165, 1.54) is 0 Å². The minimum atomic E-state index is -0.537. The molecule has 0 aliphatic heterocycles. The number of aliphatic hydroxyl groups is 1. The third-order valence-corrected chi connectivity index (χ3v) is 2.85. The van der Waals surface area contributed by atoms with Crippen molar-refractivity contribution >= 4 is 5.69 Å². The van der Waals surface area contributed by atoms with Gasteiger partial charge >= 0.3 is 0 Å². The lowest BCUT2D eigenvalue weighted by molar-refractivity contribution is 0.161. The molecule has 19 heavy (non-hydrogen) atoms. The van der Waals surface area contributed by atoms with Crippen molar-refractivity contribution in [1.29, 1.82) is 5.26 Å². The molecule has 5 heteroatoms. The Labute approximate surface area is 112 Å². The van der Waals surface area contributed by atoms with Crippen LogP contribution in [0.4, 0.5) is 5.69 Å². The number of hydrogen-bond donors (Lipinski definition) is 2. The second-order valence-corrected chi connectivity index (χ2v) is 4.40. The standard InChI is InChI=1S/C14H16N4O/c1-11-3-4-12(8-15)7-14(11)16-9-13(19)10-18-6-2-5-17-18/h2-7,13,16,19H,9-10H2,1H3. The molecular weight excluding hydrogens is 240 g/mol. The zero-order chi connectivity index (χ0) is 13.7. The van der Waals surface area contributed by atoms with Crippen LogP contribution < -0.4 is 5.32 Å². The van der Waals surface area contributed by atoms with Gasteiger partial charge in [0.2, 0.25) is 0 Å². The highest BCUT2D eigenvalue weighted by atomic mass is 16.3. The molecule has 5 nitrogen and oxygen atoms in total. The van der Waals surface area contributed by atoms with E-state index in [0.717, 1.165) is 11.3 Å². The number of anilines is 1. The van der Waals surface area contributed by atoms with Crippen LogP contribution in [0.1, 0.15) is 11.1 Å². The van der Waals surface area contributed by atoms with Crippen LogP contribution in [0.5, 0.6) is 0 Å². The predicted molar refractivity (Wildman–Crippen MR) is 72.6 cm³/mol. The van der Waals surface area contributed by atoms with E-state index < -0.39 is 6.10 Å². The fourth-order valence-electron chi connectivity index (χ4n) is 1.80. The Balaban J connectivity index is 1.93. The monoisotopic (exact) mass is 256 g/mol. The molecule has 1 aromatic heterocycles. The third-order valence-electron chi connectivity index (χ3n) is 2.85. The lowest BCUT2D eigenvalue weighted by atomic mass is 10.1. The van der Waals surface area contributed by atoms with E-state index in [4.69, 9.17) is 5.26 Å². The number of nitrogens with one attached hydrogen (secondary N) is 1. The third kappa shape index (κ3) is 3.57. The largest absolute Gasteiger partial charge is 0.389 e. The van der Waals surface area contributed by atoms with Gasteiger partial charge in [-0.15, -0.1) is 0 Å². The molecule has 0 spiro atoms. The summed E-state index contributed by atoms with van der Waals surface area (Å²) in [4.78, 5) is 0.